The van der Waals surface area contributed by atoms with Crippen molar-refractivity contribution in [1.29, 1.82) is 0 Å². The molecule has 1 aliphatic rings. The number of aliphatic hydroxyl groups is 1. The lowest BCUT2D eigenvalue weighted by Crippen LogP contribution is -2.57. The van der Waals surface area contributed by atoms with Crippen LogP contribution in [0.1, 0.15) is 91.4 Å². The first-order valence-corrected chi connectivity index (χ1v) is 17.7. The SMILES string of the molecule is CCOP(=O)(N[C@@H](C)C(=O)N(c1ccc(OC)cc1)[C@@H](CC(C)C)C(=O)N[C@H](CC1CCCCC1)[C@H](O)c1ccco1)OCC. The number of nitrogens with zero attached hydrogens (tertiary/aromatic N) is 1. The molecule has 2 aromatic rings. The summed E-state index contributed by atoms with van der Waals surface area (Å²) >= 11 is 0. The molecule has 252 valence electrons. The van der Waals surface area contributed by atoms with Crippen LogP contribution >= 0.6 is 7.75 Å². The van der Waals surface area contributed by atoms with Crippen molar-refractivity contribution in [2.45, 2.75) is 104 Å². The van der Waals surface area contributed by atoms with E-state index >= 15 is 0 Å². The van der Waals surface area contributed by atoms with Gasteiger partial charge in [0.25, 0.3) is 0 Å². The summed E-state index contributed by atoms with van der Waals surface area (Å²) in [5.41, 5.74) is 0.466. The van der Waals surface area contributed by atoms with Crippen molar-refractivity contribution in [3.05, 3.63) is 48.4 Å². The van der Waals surface area contributed by atoms with E-state index in [2.05, 4.69) is 10.4 Å². The first-order valence-electron chi connectivity index (χ1n) is 16.2. The molecule has 0 aliphatic heterocycles. The number of furan rings is 1. The van der Waals surface area contributed by atoms with Crippen molar-refractivity contribution in [2.24, 2.45) is 11.8 Å². The van der Waals surface area contributed by atoms with Crippen LogP contribution in [0.15, 0.2) is 47.1 Å². The number of hydrogen-bond acceptors (Lipinski definition) is 8. The number of carbonyl (C=O) groups is 2. The number of rotatable bonds is 18. The van der Waals surface area contributed by atoms with Gasteiger partial charge in [-0.25, -0.2) is 9.65 Å². The average Bonchev–Trinajstić information content (AvgIpc) is 3.56. The highest BCUT2D eigenvalue weighted by Crippen LogP contribution is 2.44. The van der Waals surface area contributed by atoms with Crippen molar-refractivity contribution in [3.8, 4) is 5.75 Å². The van der Waals surface area contributed by atoms with Crippen LogP contribution < -0.4 is 20.0 Å². The number of ether oxygens (including phenoxy) is 1. The monoisotopic (exact) mass is 649 g/mol. The van der Waals surface area contributed by atoms with Crippen LogP contribution in [0.2, 0.25) is 0 Å². The number of anilines is 1. The summed E-state index contributed by atoms with van der Waals surface area (Å²) in [5, 5.41) is 17.3. The van der Waals surface area contributed by atoms with E-state index in [1.165, 1.54) is 17.6 Å². The molecule has 3 N–H and O–H groups in total. The largest absolute Gasteiger partial charge is 0.497 e. The van der Waals surface area contributed by atoms with E-state index < -0.39 is 43.8 Å². The van der Waals surface area contributed by atoms with E-state index in [4.69, 9.17) is 18.2 Å². The molecule has 1 aromatic carbocycles. The fraction of sp³-hybridized carbons (Fsp3) is 0.636. The van der Waals surface area contributed by atoms with Crippen LogP contribution in [0, 0.1) is 11.8 Å². The van der Waals surface area contributed by atoms with Gasteiger partial charge in [0.1, 0.15) is 23.7 Å². The van der Waals surface area contributed by atoms with E-state index in [-0.39, 0.29) is 19.1 Å². The van der Waals surface area contributed by atoms with E-state index in [1.807, 2.05) is 13.8 Å². The Bertz CT molecular complexity index is 1210. The summed E-state index contributed by atoms with van der Waals surface area (Å²) in [5.74, 6) is 0.461. The molecular weight excluding hydrogens is 597 g/mol. The molecule has 1 fully saturated rings. The Morgan fingerprint density at radius 2 is 1.69 bits per heavy atom. The lowest BCUT2D eigenvalue weighted by molar-refractivity contribution is -0.128. The Kier molecular flexibility index (Phi) is 14.6. The first kappa shape index (κ1) is 36.8. The summed E-state index contributed by atoms with van der Waals surface area (Å²) < 4.78 is 34.9. The maximum atomic E-state index is 14.4. The van der Waals surface area contributed by atoms with Gasteiger partial charge in [0.05, 0.1) is 38.7 Å². The van der Waals surface area contributed by atoms with Gasteiger partial charge in [0, 0.05) is 5.69 Å². The zero-order chi connectivity index (χ0) is 33.0. The van der Waals surface area contributed by atoms with Gasteiger partial charge in [-0.05, 0) is 81.8 Å². The van der Waals surface area contributed by atoms with Crippen LogP contribution in [0.5, 0.6) is 5.75 Å². The maximum Gasteiger partial charge on any atom is 0.406 e. The third-order valence-electron chi connectivity index (χ3n) is 8.07. The lowest BCUT2D eigenvalue weighted by Gasteiger charge is -2.36. The zero-order valence-electron chi connectivity index (χ0n) is 27.6. The predicted molar refractivity (Wildman–Crippen MR) is 174 cm³/mol. The second kappa shape index (κ2) is 17.9. The van der Waals surface area contributed by atoms with Crippen molar-refractivity contribution < 1.29 is 37.5 Å². The topological polar surface area (TPSA) is 140 Å². The molecule has 0 saturated heterocycles. The normalized spacial score (nSPS) is 17.0. The average molecular weight is 650 g/mol. The molecule has 1 heterocycles. The minimum Gasteiger partial charge on any atom is -0.497 e. The van der Waals surface area contributed by atoms with Gasteiger partial charge in [-0.15, -0.1) is 0 Å². The third kappa shape index (κ3) is 10.7. The molecule has 3 rings (SSSR count). The molecule has 4 atom stereocenters. The van der Waals surface area contributed by atoms with Gasteiger partial charge in [-0.1, -0.05) is 46.0 Å². The Hall–Kier alpha value is -2.69. The van der Waals surface area contributed by atoms with Gasteiger partial charge in [0.15, 0.2) is 0 Å². The van der Waals surface area contributed by atoms with Crippen LogP contribution in [-0.4, -0.2) is 55.4 Å². The van der Waals surface area contributed by atoms with E-state index in [1.54, 1.807) is 64.3 Å². The van der Waals surface area contributed by atoms with E-state index in [0.717, 1.165) is 25.7 Å². The fourth-order valence-electron chi connectivity index (χ4n) is 5.92. The van der Waals surface area contributed by atoms with Crippen molar-refractivity contribution in [1.82, 2.24) is 10.4 Å². The van der Waals surface area contributed by atoms with Crippen molar-refractivity contribution in [3.63, 3.8) is 0 Å². The summed E-state index contributed by atoms with van der Waals surface area (Å²) in [6.07, 6.45) is 6.86. The molecule has 1 saturated carbocycles. The van der Waals surface area contributed by atoms with Crippen molar-refractivity contribution >= 4 is 25.2 Å². The van der Waals surface area contributed by atoms with Gasteiger partial charge >= 0.3 is 7.75 Å². The van der Waals surface area contributed by atoms with Crippen LogP contribution in [-0.2, 0) is 23.2 Å². The molecule has 0 bridgehead atoms. The van der Waals surface area contributed by atoms with Crippen LogP contribution in [0.3, 0.4) is 0 Å². The highest BCUT2D eigenvalue weighted by molar-refractivity contribution is 7.51. The second-order valence-electron chi connectivity index (χ2n) is 12.1. The highest BCUT2D eigenvalue weighted by atomic mass is 31.2. The number of carbonyl (C=O) groups excluding carboxylic acids is 2. The highest BCUT2D eigenvalue weighted by Gasteiger charge is 2.39. The van der Waals surface area contributed by atoms with Crippen LogP contribution in [0.25, 0.3) is 0 Å². The summed E-state index contributed by atoms with van der Waals surface area (Å²) in [4.78, 5) is 30.1. The van der Waals surface area contributed by atoms with E-state index in [9.17, 15) is 19.3 Å². The Labute approximate surface area is 268 Å². The smallest absolute Gasteiger partial charge is 0.406 e. The number of amides is 2. The molecule has 2 amide bonds. The molecule has 0 radical (unpaired) electrons. The molecular formula is C33H52N3O8P. The van der Waals surface area contributed by atoms with Gasteiger partial charge < -0.3 is 19.6 Å². The summed E-state index contributed by atoms with van der Waals surface area (Å²) in [7, 11) is -2.25. The Balaban J connectivity index is 2.00. The number of hydrogen-bond donors (Lipinski definition) is 3. The Morgan fingerprint density at radius 1 is 1.04 bits per heavy atom. The number of aliphatic hydroxyl groups excluding tert-OH is 1. The standard InChI is InChI=1S/C33H52N3O8P/c1-7-43-45(40,44-8-2)35-24(5)33(39)36(26-16-18-27(41-6)19-17-26)29(21-23(3)4)32(38)34-28(22-25-13-10-9-11-14-25)31(37)30-15-12-20-42-30/h12,15-20,23-25,28-29,31,37H,7-11,13-14,21-22H2,1-6H3,(H,34,38)(H,35,40)/t24-,28+,29-,31-/m0/s1. The molecule has 0 unspecified atom stereocenters. The minimum atomic E-state index is -3.80. The molecule has 0 spiro atoms. The number of methoxy groups -OCH3 is 1. The number of benzene rings is 1. The lowest BCUT2D eigenvalue weighted by atomic mass is 9.83. The fourth-order valence-corrected chi connectivity index (χ4v) is 7.41. The third-order valence-corrected chi connectivity index (χ3v) is 9.97. The first-order chi connectivity index (χ1) is 21.5. The quantitative estimate of drug-likeness (QED) is 0.157. The van der Waals surface area contributed by atoms with Crippen molar-refractivity contribution in [2.75, 3.05) is 25.2 Å². The summed E-state index contributed by atoms with van der Waals surface area (Å²) in [6, 6.07) is 7.66. The second-order valence-corrected chi connectivity index (χ2v) is 13.8. The van der Waals surface area contributed by atoms with Gasteiger partial charge in [-0.2, -0.15) is 0 Å². The van der Waals surface area contributed by atoms with Crippen LogP contribution in [0.4, 0.5) is 5.69 Å². The molecule has 1 aliphatic carbocycles. The van der Waals surface area contributed by atoms with E-state index in [0.29, 0.717) is 36.0 Å². The molecule has 11 nitrogen and oxygen atoms in total. The van der Waals surface area contributed by atoms with Gasteiger partial charge in [0.2, 0.25) is 11.8 Å². The minimum absolute atomic E-state index is 0.0299. The maximum absolute atomic E-state index is 14.4. The Morgan fingerprint density at radius 3 is 2.22 bits per heavy atom. The van der Waals surface area contributed by atoms with Gasteiger partial charge in [-0.3, -0.25) is 23.5 Å². The number of nitrogens with one attached hydrogen (secondary N) is 2. The molecule has 1 aromatic heterocycles. The molecule has 45 heavy (non-hydrogen) atoms. The predicted octanol–water partition coefficient (Wildman–Crippen LogP) is 6.38. The molecule has 12 heteroatoms. The summed E-state index contributed by atoms with van der Waals surface area (Å²) in [6.45, 7) is 9.14. The zero-order valence-corrected chi connectivity index (χ0v) is 28.5.